The highest BCUT2D eigenvalue weighted by molar-refractivity contribution is 7.99. The molecule has 47 heavy (non-hydrogen) atoms. The molecule has 1 atom stereocenters. The summed E-state index contributed by atoms with van der Waals surface area (Å²) in [6, 6.07) is 17.7. The Morgan fingerprint density at radius 2 is 1.57 bits per heavy atom. The van der Waals surface area contributed by atoms with Gasteiger partial charge in [-0.15, -0.1) is 10.2 Å². The van der Waals surface area contributed by atoms with Crippen LogP contribution < -0.4 is 29.0 Å². The van der Waals surface area contributed by atoms with Crippen LogP contribution in [0.4, 0.5) is 0 Å². The highest BCUT2D eigenvalue weighted by Gasteiger charge is 2.35. The van der Waals surface area contributed by atoms with Crippen LogP contribution in [0.5, 0.6) is 28.7 Å². The van der Waals surface area contributed by atoms with Gasteiger partial charge >= 0.3 is 0 Å². The number of carbonyl (C=O) groups is 2. The number of carbonyl (C=O) groups excluding carboxylic acids is 2. The number of benzene rings is 3. The van der Waals surface area contributed by atoms with Gasteiger partial charge in [0.1, 0.15) is 17.2 Å². The van der Waals surface area contributed by atoms with E-state index < -0.39 is 6.04 Å². The summed E-state index contributed by atoms with van der Waals surface area (Å²) < 4.78 is 28.8. The fourth-order valence-electron chi connectivity index (χ4n) is 5.13. The van der Waals surface area contributed by atoms with Crippen molar-refractivity contribution in [3.63, 3.8) is 0 Å². The molecule has 0 saturated heterocycles. The molecule has 5 rings (SSSR count). The van der Waals surface area contributed by atoms with E-state index in [4.69, 9.17) is 28.8 Å². The molecule has 14 heteroatoms. The molecular formula is C33H36N6O7S. The van der Waals surface area contributed by atoms with E-state index in [9.17, 15) is 9.59 Å². The summed E-state index contributed by atoms with van der Waals surface area (Å²) >= 11 is 1.23. The van der Waals surface area contributed by atoms with Crippen LogP contribution in [0.3, 0.4) is 0 Å². The van der Waals surface area contributed by atoms with Gasteiger partial charge in [0.05, 0.1) is 59.6 Å². The summed E-state index contributed by atoms with van der Waals surface area (Å²) in [4.78, 5) is 26.7. The number of hydrogen-bond acceptors (Lipinski definition) is 11. The third-order valence-electron chi connectivity index (χ3n) is 7.65. The van der Waals surface area contributed by atoms with Gasteiger partial charge in [-0.05, 0) is 48.0 Å². The molecule has 1 aliphatic heterocycles. The molecule has 13 nitrogen and oxygen atoms in total. The van der Waals surface area contributed by atoms with Crippen molar-refractivity contribution in [1.29, 1.82) is 0 Å². The van der Waals surface area contributed by atoms with Crippen molar-refractivity contribution in [2.45, 2.75) is 24.2 Å². The first-order valence-corrected chi connectivity index (χ1v) is 15.6. The minimum absolute atomic E-state index is 0.0457. The van der Waals surface area contributed by atoms with Crippen molar-refractivity contribution in [3.05, 3.63) is 83.2 Å². The van der Waals surface area contributed by atoms with Crippen LogP contribution in [0.15, 0.2) is 70.9 Å². The lowest BCUT2D eigenvalue weighted by Gasteiger charge is -2.24. The van der Waals surface area contributed by atoms with Gasteiger partial charge in [0.2, 0.25) is 0 Å². The molecule has 3 aromatic carbocycles. The molecule has 4 aromatic rings. The number of nitrogens with one attached hydrogen (secondary N) is 1. The normalized spacial score (nSPS) is 14.0. The van der Waals surface area contributed by atoms with Gasteiger partial charge in [-0.1, -0.05) is 23.9 Å². The third kappa shape index (κ3) is 7.27. The second-order valence-corrected chi connectivity index (χ2v) is 11.3. The molecule has 246 valence electrons. The van der Waals surface area contributed by atoms with Crippen molar-refractivity contribution < 1.29 is 33.3 Å². The van der Waals surface area contributed by atoms with Crippen LogP contribution >= 0.6 is 11.8 Å². The lowest BCUT2D eigenvalue weighted by molar-refractivity contribution is -0.130. The predicted molar refractivity (Wildman–Crippen MR) is 176 cm³/mol. The Balaban J connectivity index is 1.31. The number of amides is 2. The largest absolute Gasteiger partial charge is 0.497 e. The maximum Gasteiger partial charge on any atom is 0.253 e. The highest BCUT2D eigenvalue weighted by Crippen LogP contribution is 2.42. The van der Waals surface area contributed by atoms with Crippen molar-refractivity contribution in [2.75, 3.05) is 41.3 Å². The first kappa shape index (κ1) is 33.1. The van der Waals surface area contributed by atoms with Gasteiger partial charge in [-0.3, -0.25) is 9.59 Å². The number of rotatable bonds is 13. The number of nitrogens with zero attached hydrogens (tertiary/aromatic N) is 5. The van der Waals surface area contributed by atoms with E-state index in [0.717, 1.165) is 22.6 Å². The second kappa shape index (κ2) is 14.9. The summed E-state index contributed by atoms with van der Waals surface area (Å²) in [5, 5.41) is 18.1. The minimum Gasteiger partial charge on any atom is -0.497 e. The molecule has 0 fully saturated rings. The van der Waals surface area contributed by atoms with Gasteiger partial charge in [0.25, 0.3) is 11.8 Å². The summed E-state index contributed by atoms with van der Waals surface area (Å²) in [5.41, 5.74) is 2.80. The van der Waals surface area contributed by atoms with Crippen LogP contribution in [0, 0.1) is 0 Å². The van der Waals surface area contributed by atoms with E-state index in [0.29, 0.717) is 46.0 Å². The SMILES string of the molecule is COc1ccc(C2=NN(C(=O)CSc3nnc(CNC(=O)c4cc(OC)cc(OC)c4)n3C)[C@H](c3cccc(OC)c3OC)C2)cc1. The van der Waals surface area contributed by atoms with Gasteiger partial charge in [0.15, 0.2) is 22.5 Å². The maximum atomic E-state index is 13.8. The topological polar surface area (TPSA) is 139 Å². The Kier molecular flexibility index (Phi) is 10.5. The summed E-state index contributed by atoms with van der Waals surface area (Å²) in [6.07, 6.45) is 0.471. The van der Waals surface area contributed by atoms with Gasteiger partial charge in [-0.25, -0.2) is 5.01 Å². The third-order valence-corrected chi connectivity index (χ3v) is 8.66. The van der Waals surface area contributed by atoms with E-state index in [1.54, 1.807) is 51.1 Å². The van der Waals surface area contributed by atoms with E-state index >= 15 is 0 Å². The van der Waals surface area contributed by atoms with E-state index in [1.807, 2.05) is 42.5 Å². The highest BCUT2D eigenvalue weighted by atomic mass is 32.2. The van der Waals surface area contributed by atoms with Crippen LogP contribution in [0.25, 0.3) is 0 Å². The van der Waals surface area contributed by atoms with Crippen LogP contribution in [0.2, 0.25) is 0 Å². The Morgan fingerprint density at radius 1 is 0.872 bits per heavy atom. The maximum absolute atomic E-state index is 13.8. The van der Waals surface area contributed by atoms with Gasteiger partial charge in [-0.2, -0.15) is 5.10 Å². The lowest BCUT2D eigenvalue weighted by Crippen LogP contribution is -2.29. The molecule has 2 amide bonds. The zero-order valence-electron chi connectivity index (χ0n) is 27.0. The average molecular weight is 661 g/mol. The van der Waals surface area contributed by atoms with Crippen molar-refractivity contribution >= 4 is 29.3 Å². The van der Waals surface area contributed by atoms with E-state index in [2.05, 4.69) is 15.5 Å². The van der Waals surface area contributed by atoms with E-state index in [-0.39, 0.29) is 24.1 Å². The molecule has 0 aliphatic carbocycles. The zero-order chi connectivity index (χ0) is 33.5. The fourth-order valence-corrected chi connectivity index (χ4v) is 5.91. The summed E-state index contributed by atoms with van der Waals surface area (Å²) in [6.45, 7) is 0.121. The van der Waals surface area contributed by atoms with Gasteiger partial charge < -0.3 is 33.6 Å². The molecule has 0 saturated carbocycles. The molecule has 1 aliphatic rings. The Hall–Kier alpha value is -5.24. The van der Waals surface area contributed by atoms with Crippen molar-refractivity contribution in [2.24, 2.45) is 12.1 Å². The van der Waals surface area contributed by atoms with Crippen molar-refractivity contribution in [3.8, 4) is 28.7 Å². The standard InChI is InChI=1S/C33H36N6O7S/c1-38-29(18-34-32(41)21-14-23(43-3)16-24(15-21)44-4)35-36-33(38)47-19-30(40)39-27(25-8-7-9-28(45-5)31(25)46-6)17-26(37-39)20-10-12-22(42-2)13-11-20/h7-16,27H,17-19H2,1-6H3,(H,34,41)/t27-/m0/s1. The zero-order valence-corrected chi connectivity index (χ0v) is 27.8. The Morgan fingerprint density at radius 3 is 2.21 bits per heavy atom. The molecule has 0 bridgehead atoms. The number of hydrogen-bond donors (Lipinski definition) is 1. The Bertz CT molecular complexity index is 1750. The molecule has 1 aromatic heterocycles. The fraction of sp³-hybridized carbons (Fsp3) is 0.303. The van der Waals surface area contributed by atoms with Crippen LogP contribution in [-0.2, 0) is 18.4 Å². The first-order valence-electron chi connectivity index (χ1n) is 14.6. The molecule has 1 N–H and O–H groups in total. The summed E-state index contributed by atoms with van der Waals surface area (Å²) in [5.74, 6) is 2.85. The number of hydrazone groups is 1. The lowest BCUT2D eigenvalue weighted by atomic mass is 9.97. The van der Waals surface area contributed by atoms with Gasteiger partial charge in [0, 0.05) is 30.7 Å². The molecule has 0 spiro atoms. The Labute approximate surface area is 276 Å². The first-order chi connectivity index (χ1) is 22.8. The number of ether oxygens (including phenoxy) is 5. The number of thioether (sulfide) groups is 1. The number of para-hydroxylation sites is 1. The molecule has 2 heterocycles. The minimum atomic E-state index is -0.425. The second-order valence-electron chi connectivity index (χ2n) is 10.3. The molecule has 0 radical (unpaired) electrons. The van der Waals surface area contributed by atoms with E-state index in [1.165, 1.54) is 31.0 Å². The summed E-state index contributed by atoms with van der Waals surface area (Å²) in [7, 11) is 9.58. The molecular weight excluding hydrogens is 624 g/mol. The predicted octanol–water partition coefficient (Wildman–Crippen LogP) is 4.26. The van der Waals surface area contributed by atoms with Crippen molar-refractivity contribution in [1.82, 2.24) is 25.1 Å². The quantitative estimate of drug-likeness (QED) is 0.207. The number of methoxy groups -OCH3 is 5. The number of aromatic nitrogens is 3. The average Bonchev–Trinajstić information content (AvgIpc) is 3.72. The van der Waals surface area contributed by atoms with Crippen LogP contribution in [0.1, 0.15) is 39.8 Å². The monoisotopic (exact) mass is 660 g/mol. The molecule has 0 unspecified atom stereocenters. The van der Waals surface area contributed by atoms with Crippen LogP contribution in [-0.4, -0.2) is 78.6 Å². The smallest absolute Gasteiger partial charge is 0.253 e.